The first-order valence-corrected chi connectivity index (χ1v) is 26.0. The van der Waals surface area contributed by atoms with Crippen LogP contribution in [0.5, 0.6) is 0 Å². The molecule has 0 spiro atoms. The predicted molar refractivity (Wildman–Crippen MR) is 312 cm³/mol. The monoisotopic (exact) mass is 1190 g/mol. The van der Waals surface area contributed by atoms with Crippen LogP contribution >= 0.6 is 0 Å². The maximum absolute atomic E-state index is 5.02. The van der Waals surface area contributed by atoms with Crippen molar-refractivity contribution in [2.24, 2.45) is 0 Å². The number of aromatic amines is 4. The van der Waals surface area contributed by atoms with E-state index in [-0.39, 0.29) is 37.3 Å². The standard InChI is InChI=1S/2C32H18N8.Er/c2*1-2-10-18-17(9-1)25-33-26(18)38-28-21-13-5-6-14-22(21)30(35-28)40-32-24-16-8-7-15-23(24)31(36-32)39-29-20-12-4-3-11-19(20)27(34-29)37-25;/h2*1-16H,(H2,33,34,35,36,37,38,39,40);/q;;+3. The van der Waals surface area contributed by atoms with Crippen molar-refractivity contribution < 1.29 is 37.3 Å². The Morgan fingerprint density at radius 3 is 0.420 bits per heavy atom. The summed E-state index contributed by atoms with van der Waals surface area (Å²) < 4.78 is 0. The van der Waals surface area contributed by atoms with Crippen LogP contribution in [-0.4, -0.2) is 79.7 Å². The number of fused-ring (bicyclic) bond motifs is 40. The van der Waals surface area contributed by atoms with Gasteiger partial charge in [-0.2, -0.15) is 0 Å². The summed E-state index contributed by atoms with van der Waals surface area (Å²) >= 11 is 0. The molecule has 0 unspecified atom stereocenters. The summed E-state index contributed by atoms with van der Waals surface area (Å²) in [5.74, 6) is 4.78. The smallest absolute Gasteiger partial charge is 0.324 e. The van der Waals surface area contributed by atoms with Crippen molar-refractivity contribution in [2.75, 3.05) is 0 Å². The number of hydrogen-bond donors (Lipinski definition) is 4. The van der Waals surface area contributed by atoms with E-state index in [1.807, 2.05) is 194 Å². The molecule has 81 heavy (non-hydrogen) atoms. The van der Waals surface area contributed by atoms with E-state index < -0.39 is 0 Å². The SMILES string of the molecule is [Er+3].c1ccc2c(c1)-c1nc-2nc2[nH]c(nc3nc(nc4[nH]c(n1)c1ccccc41)-c1ccccc1-3)c1ccccc21.c1ccc2c(c1)-c1nc-2nc2[nH]c(nc3nc(nc4[nH]c(n1)c1ccccc41)-c1ccccc1-3)c1ccccc21. The van der Waals surface area contributed by atoms with Gasteiger partial charge in [-0.1, -0.05) is 194 Å². The van der Waals surface area contributed by atoms with Crippen LogP contribution in [0.2, 0.25) is 0 Å². The molecule has 4 aliphatic rings. The van der Waals surface area contributed by atoms with Crippen molar-refractivity contribution in [1.82, 2.24) is 79.7 Å². The molecule has 0 aliphatic carbocycles. The van der Waals surface area contributed by atoms with Crippen LogP contribution in [0.1, 0.15) is 0 Å². The van der Waals surface area contributed by atoms with Crippen LogP contribution in [0.15, 0.2) is 194 Å². The summed E-state index contributed by atoms with van der Waals surface area (Å²) in [7, 11) is 0. The van der Waals surface area contributed by atoms with Crippen molar-refractivity contribution in [1.29, 1.82) is 0 Å². The van der Waals surface area contributed by atoms with E-state index in [4.69, 9.17) is 59.8 Å². The minimum Gasteiger partial charge on any atom is -0.324 e. The number of benzene rings is 8. The molecular formula is C64H36ErN16+3. The molecule has 10 heterocycles. The molecule has 8 aromatic carbocycles. The van der Waals surface area contributed by atoms with Gasteiger partial charge in [0.2, 0.25) is 0 Å². The van der Waals surface area contributed by atoms with Gasteiger partial charge in [-0.3, -0.25) is 0 Å². The Balaban J connectivity index is 0.000000132. The van der Waals surface area contributed by atoms with Gasteiger partial charge in [0, 0.05) is 87.6 Å². The molecule has 6 aromatic heterocycles. The van der Waals surface area contributed by atoms with Crippen LogP contribution in [0.3, 0.4) is 0 Å². The van der Waals surface area contributed by atoms with Gasteiger partial charge in [-0.25, -0.2) is 59.8 Å². The molecule has 381 valence electrons. The first-order valence-electron chi connectivity index (χ1n) is 26.0. The van der Waals surface area contributed by atoms with E-state index in [2.05, 4.69) is 19.9 Å². The molecule has 0 saturated carbocycles. The van der Waals surface area contributed by atoms with Gasteiger partial charge in [0.25, 0.3) is 0 Å². The van der Waals surface area contributed by atoms with Gasteiger partial charge in [0.15, 0.2) is 46.6 Å². The molecule has 17 heteroatoms. The average molecular weight is 1200 g/mol. The van der Waals surface area contributed by atoms with Crippen LogP contribution in [0.25, 0.3) is 179 Å². The summed E-state index contributed by atoms with van der Waals surface area (Å²) in [5.41, 5.74) is 12.9. The summed E-state index contributed by atoms with van der Waals surface area (Å²) in [6.07, 6.45) is 0. The zero-order chi connectivity index (χ0) is 52.4. The molecule has 14 aromatic rings. The fourth-order valence-electron chi connectivity index (χ4n) is 11.2. The fourth-order valence-corrected chi connectivity index (χ4v) is 11.2. The molecule has 0 atom stereocenters. The number of nitrogens with zero attached hydrogens (tertiary/aromatic N) is 12. The van der Waals surface area contributed by atoms with Gasteiger partial charge in [0.1, 0.15) is 45.2 Å². The van der Waals surface area contributed by atoms with Crippen LogP contribution in [0.4, 0.5) is 0 Å². The van der Waals surface area contributed by atoms with E-state index in [0.717, 1.165) is 87.6 Å². The third-order valence-corrected chi connectivity index (χ3v) is 14.9. The van der Waals surface area contributed by atoms with Crippen molar-refractivity contribution in [2.45, 2.75) is 0 Å². The average Bonchev–Trinajstić information content (AvgIpc) is 4.53. The van der Waals surface area contributed by atoms with Gasteiger partial charge >= 0.3 is 37.3 Å². The summed E-state index contributed by atoms with van der Waals surface area (Å²) in [4.78, 5) is 73.5. The normalized spacial score (nSPS) is 11.9. The van der Waals surface area contributed by atoms with E-state index in [0.29, 0.717) is 91.8 Å². The largest absolute Gasteiger partial charge is 3.00 e. The zero-order valence-electron chi connectivity index (χ0n) is 42.1. The Morgan fingerprint density at radius 1 is 0.160 bits per heavy atom. The number of aromatic nitrogens is 16. The van der Waals surface area contributed by atoms with Crippen molar-refractivity contribution in [3.05, 3.63) is 194 Å². The second kappa shape index (κ2) is 18.4. The Bertz CT molecular complexity index is 4390. The number of rotatable bonds is 0. The van der Waals surface area contributed by atoms with E-state index in [1.54, 1.807) is 0 Å². The molecule has 0 amide bonds. The molecular weight excluding hydrogens is 1160 g/mol. The van der Waals surface area contributed by atoms with E-state index >= 15 is 0 Å². The molecule has 16 nitrogen and oxygen atoms in total. The van der Waals surface area contributed by atoms with Gasteiger partial charge in [0.05, 0.1) is 0 Å². The molecule has 4 N–H and O–H groups in total. The van der Waals surface area contributed by atoms with Gasteiger partial charge < -0.3 is 19.9 Å². The molecule has 4 aliphatic heterocycles. The third-order valence-electron chi connectivity index (χ3n) is 14.9. The summed E-state index contributed by atoms with van der Waals surface area (Å²) in [6.45, 7) is 0. The number of hydrogen-bond acceptors (Lipinski definition) is 12. The summed E-state index contributed by atoms with van der Waals surface area (Å²) in [5, 5.41) is 7.64. The van der Waals surface area contributed by atoms with Crippen LogP contribution in [0, 0.1) is 37.3 Å². The molecule has 16 bridgehead atoms. The maximum Gasteiger partial charge on any atom is 3.00 e. The number of H-pyrrole nitrogens is 4. The number of nitrogens with one attached hydrogen (secondary N) is 4. The second-order valence-electron chi connectivity index (χ2n) is 19.6. The van der Waals surface area contributed by atoms with Gasteiger partial charge in [-0.05, 0) is 0 Å². The first-order chi connectivity index (χ1) is 39.6. The Hall–Kier alpha value is -10.3. The molecule has 18 rings (SSSR count). The quantitative estimate of drug-likeness (QED) is 0.111. The molecule has 1 radical (unpaired) electrons. The van der Waals surface area contributed by atoms with E-state index in [9.17, 15) is 0 Å². The van der Waals surface area contributed by atoms with E-state index in [1.165, 1.54) is 0 Å². The molecule has 0 fully saturated rings. The van der Waals surface area contributed by atoms with Crippen LogP contribution in [-0.2, 0) is 0 Å². The predicted octanol–water partition coefficient (Wildman–Crippen LogP) is 13.7. The van der Waals surface area contributed by atoms with Crippen molar-refractivity contribution >= 4 is 88.3 Å². The second-order valence-corrected chi connectivity index (χ2v) is 19.6. The maximum atomic E-state index is 5.02. The Morgan fingerprint density at radius 2 is 0.284 bits per heavy atom. The topological polar surface area (TPSA) is 218 Å². The fraction of sp³-hybridized carbons (Fsp3) is 0. The third kappa shape index (κ3) is 7.56. The summed E-state index contributed by atoms with van der Waals surface area (Å²) in [6, 6.07) is 64.5. The van der Waals surface area contributed by atoms with Crippen LogP contribution < -0.4 is 0 Å². The Labute approximate surface area is 487 Å². The first kappa shape index (κ1) is 46.8. The van der Waals surface area contributed by atoms with Gasteiger partial charge in [-0.15, -0.1) is 0 Å². The zero-order valence-corrected chi connectivity index (χ0v) is 44.0. The van der Waals surface area contributed by atoms with Crippen molar-refractivity contribution in [3.8, 4) is 91.1 Å². The van der Waals surface area contributed by atoms with Crippen molar-refractivity contribution in [3.63, 3.8) is 0 Å². The molecule has 0 saturated heterocycles. The minimum absolute atomic E-state index is 0. The Kier molecular flexibility index (Phi) is 10.6. The minimum atomic E-state index is 0.